The summed E-state index contributed by atoms with van der Waals surface area (Å²) in [5.74, 6) is 0. The van der Waals surface area contributed by atoms with Crippen molar-refractivity contribution < 1.29 is 9.78 Å². The number of benzene rings is 1. The summed E-state index contributed by atoms with van der Waals surface area (Å²) in [4.78, 5) is 14.2. The molecule has 4 heteroatoms. The van der Waals surface area contributed by atoms with Gasteiger partial charge in [-0.25, -0.2) is 0 Å². The van der Waals surface area contributed by atoms with Crippen LogP contribution in [0.3, 0.4) is 0 Å². The molecule has 4 nitrogen and oxygen atoms in total. The number of rotatable bonds is 9. The number of nitrogens with two attached hydrogens (primary N) is 1. The number of unbranched alkanes of at least 4 members (excludes halogenated alkanes) is 1. The van der Waals surface area contributed by atoms with Gasteiger partial charge in [0.05, 0.1) is 12.6 Å². The molecule has 0 aliphatic carbocycles. The Morgan fingerprint density at radius 2 is 2.00 bits per heavy atom. The quantitative estimate of drug-likeness (QED) is 0.186. The predicted octanol–water partition coefficient (Wildman–Crippen LogP) is 3.37. The van der Waals surface area contributed by atoms with Gasteiger partial charge in [0.25, 0.3) is 0 Å². The lowest BCUT2D eigenvalue weighted by atomic mass is 10.0. The van der Waals surface area contributed by atoms with Crippen LogP contribution in [0.5, 0.6) is 0 Å². The van der Waals surface area contributed by atoms with Crippen LogP contribution in [-0.2, 0) is 16.2 Å². The summed E-state index contributed by atoms with van der Waals surface area (Å²) in [7, 11) is 0. The Bertz CT molecular complexity index is 363. The minimum atomic E-state index is 0.207. The zero-order chi connectivity index (χ0) is 13.9. The number of nitrogens with zero attached hydrogens (tertiary/aromatic N) is 1. The number of nitrogen functional groups attached to an aromatic ring is 1. The maximum atomic E-state index is 5.66. The molecule has 0 spiro atoms. The number of aliphatic imine (C=N–C) groups is 1. The number of hydrogen-bond donors (Lipinski definition) is 1. The van der Waals surface area contributed by atoms with E-state index in [0.29, 0.717) is 6.61 Å². The lowest BCUT2D eigenvalue weighted by Gasteiger charge is -2.09. The maximum Gasteiger partial charge on any atom is 0.215 e. The fourth-order valence-electron chi connectivity index (χ4n) is 1.62. The van der Waals surface area contributed by atoms with E-state index in [1.165, 1.54) is 12.0 Å². The second-order valence-corrected chi connectivity index (χ2v) is 4.53. The van der Waals surface area contributed by atoms with Crippen LogP contribution in [0.15, 0.2) is 29.3 Å². The van der Waals surface area contributed by atoms with E-state index in [-0.39, 0.29) is 6.04 Å². The summed E-state index contributed by atoms with van der Waals surface area (Å²) < 4.78 is 0. The Morgan fingerprint density at radius 1 is 1.26 bits per heavy atom. The molecule has 19 heavy (non-hydrogen) atoms. The van der Waals surface area contributed by atoms with Crippen molar-refractivity contribution >= 4 is 12.1 Å². The Morgan fingerprint density at radius 3 is 2.63 bits per heavy atom. The highest BCUT2D eigenvalue weighted by Gasteiger charge is 2.04. The molecule has 0 radical (unpaired) electrons. The van der Waals surface area contributed by atoms with Gasteiger partial charge < -0.3 is 10.6 Å². The largest absolute Gasteiger partial charge is 0.399 e. The van der Waals surface area contributed by atoms with Crippen molar-refractivity contribution in [2.45, 2.75) is 45.6 Å². The highest BCUT2D eigenvalue weighted by molar-refractivity contribution is 5.46. The van der Waals surface area contributed by atoms with E-state index in [4.69, 9.17) is 15.5 Å². The highest BCUT2D eigenvalue weighted by atomic mass is 17.2. The molecule has 1 unspecified atom stereocenters. The lowest BCUT2D eigenvalue weighted by molar-refractivity contribution is -0.217. The second-order valence-electron chi connectivity index (χ2n) is 4.53. The third-order valence-corrected chi connectivity index (χ3v) is 2.89. The first-order chi connectivity index (χ1) is 9.26. The van der Waals surface area contributed by atoms with Gasteiger partial charge in [-0.15, -0.1) is 0 Å². The average Bonchev–Trinajstić information content (AvgIpc) is 2.43. The summed E-state index contributed by atoms with van der Waals surface area (Å²) in [6, 6.07) is 8.10. The van der Waals surface area contributed by atoms with E-state index >= 15 is 0 Å². The van der Waals surface area contributed by atoms with Gasteiger partial charge in [0.15, 0.2) is 0 Å². The Labute approximate surface area is 115 Å². The summed E-state index contributed by atoms with van der Waals surface area (Å²) >= 11 is 0. The smallest absolute Gasteiger partial charge is 0.215 e. The van der Waals surface area contributed by atoms with Crippen LogP contribution < -0.4 is 5.73 Å². The summed E-state index contributed by atoms with van der Waals surface area (Å²) in [6.07, 6.45) is 5.33. The molecule has 2 N–H and O–H groups in total. The fraction of sp³-hybridized carbons (Fsp3) is 0.533. The normalized spacial score (nSPS) is 12.7. The van der Waals surface area contributed by atoms with Crippen LogP contribution in [0.25, 0.3) is 0 Å². The van der Waals surface area contributed by atoms with Gasteiger partial charge in [0.2, 0.25) is 6.40 Å². The molecule has 0 amide bonds. The maximum absolute atomic E-state index is 5.66. The molecule has 1 aromatic carbocycles. The first-order valence-electron chi connectivity index (χ1n) is 6.90. The standard InChI is InChI=1S/C15H24N2O2/c1-3-5-10-18-19-12-17-15(4-2)11-13-6-8-14(16)9-7-13/h6-9,12,15H,3-5,10-11,16H2,1-2H3. The topological polar surface area (TPSA) is 56.8 Å². The first kappa shape index (κ1) is 15.5. The second kappa shape index (κ2) is 9.39. The van der Waals surface area contributed by atoms with Crippen LogP contribution in [0, 0.1) is 0 Å². The molecule has 0 fully saturated rings. The van der Waals surface area contributed by atoms with Crippen molar-refractivity contribution in [2.75, 3.05) is 12.3 Å². The van der Waals surface area contributed by atoms with Crippen molar-refractivity contribution in [3.05, 3.63) is 29.8 Å². The predicted molar refractivity (Wildman–Crippen MR) is 79.1 cm³/mol. The van der Waals surface area contributed by atoms with E-state index in [1.54, 1.807) is 0 Å². The van der Waals surface area contributed by atoms with Crippen LogP contribution in [0.2, 0.25) is 0 Å². The van der Waals surface area contributed by atoms with E-state index in [0.717, 1.165) is 31.4 Å². The van der Waals surface area contributed by atoms with Gasteiger partial charge in [-0.2, -0.15) is 4.89 Å². The molecule has 1 atom stereocenters. The van der Waals surface area contributed by atoms with Crippen molar-refractivity contribution in [1.29, 1.82) is 0 Å². The van der Waals surface area contributed by atoms with Crippen molar-refractivity contribution in [3.8, 4) is 0 Å². The zero-order valence-corrected chi connectivity index (χ0v) is 11.8. The van der Waals surface area contributed by atoms with E-state index in [9.17, 15) is 0 Å². The van der Waals surface area contributed by atoms with Crippen LogP contribution in [-0.4, -0.2) is 19.0 Å². The Hall–Kier alpha value is -1.55. The summed E-state index contributed by atoms with van der Waals surface area (Å²) in [5, 5.41) is 0. The Kier molecular flexibility index (Phi) is 7.66. The van der Waals surface area contributed by atoms with Crippen LogP contribution in [0.4, 0.5) is 5.69 Å². The Balaban J connectivity index is 2.32. The number of anilines is 1. The molecular weight excluding hydrogens is 240 g/mol. The fourth-order valence-corrected chi connectivity index (χ4v) is 1.62. The first-order valence-corrected chi connectivity index (χ1v) is 6.90. The molecule has 0 bridgehead atoms. The molecule has 0 aromatic heterocycles. The van der Waals surface area contributed by atoms with E-state index in [1.807, 2.05) is 24.3 Å². The van der Waals surface area contributed by atoms with Crippen LogP contribution >= 0.6 is 0 Å². The van der Waals surface area contributed by atoms with E-state index in [2.05, 4.69) is 18.8 Å². The highest BCUT2D eigenvalue weighted by Crippen LogP contribution is 2.11. The van der Waals surface area contributed by atoms with Gasteiger partial charge in [-0.1, -0.05) is 32.4 Å². The van der Waals surface area contributed by atoms with Crippen LogP contribution in [0.1, 0.15) is 38.7 Å². The van der Waals surface area contributed by atoms with E-state index < -0.39 is 0 Å². The molecule has 0 saturated heterocycles. The minimum Gasteiger partial charge on any atom is -0.399 e. The van der Waals surface area contributed by atoms with Crippen molar-refractivity contribution in [3.63, 3.8) is 0 Å². The molecule has 0 saturated carbocycles. The monoisotopic (exact) mass is 264 g/mol. The summed E-state index contributed by atoms with van der Waals surface area (Å²) in [5.41, 5.74) is 7.67. The average molecular weight is 264 g/mol. The SMILES string of the molecule is CCCCOOC=NC(CC)Cc1ccc(N)cc1. The lowest BCUT2D eigenvalue weighted by Crippen LogP contribution is -2.08. The molecular formula is C15H24N2O2. The van der Waals surface area contributed by atoms with Gasteiger partial charge in [0.1, 0.15) is 0 Å². The molecule has 1 rings (SSSR count). The van der Waals surface area contributed by atoms with Gasteiger partial charge >= 0.3 is 0 Å². The molecule has 0 aliphatic rings. The molecule has 0 heterocycles. The van der Waals surface area contributed by atoms with Gasteiger partial charge in [-0.05, 0) is 37.0 Å². The third kappa shape index (κ3) is 6.82. The molecule has 106 valence electrons. The van der Waals surface area contributed by atoms with Gasteiger partial charge in [-0.3, -0.25) is 4.99 Å². The van der Waals surface area contributed by atoms with Crippen molar-refractivity contribution in [1.82, 2.24) is 0 Å². The minimum absolute atomic E-state index is 0.207. The zero-order valence-electron chi connectivity index (χ0n) is 11.8. The summed E-state index contributed by atoms with van der Waals surface area (Å²) in [6.45, 7) is 4.83. The third-order valence-electron chi connectivity index (χ3n) is 2.89. The number of hydrogen-bond acceptors (Lipinski definition) is 4. The van der Waals surface area contributed by atoms with Crippen molar-refractivity contribution in [2.24, 2.45) is 4.99 Å². The molecule has 0 aliphatic heterocycles. The van der Waals surface area contributed by atoms with Gasteiger partial charge in [0, 0.05) is 5.69 Å². The molecule has 1 aromatic rings.